The van der Waals surface area contributed by atoms with Gasteiger partial charge < -0.3 is 5.11 Å². The largest absolute Gasteiger partial charge is 0.481 e. The molecule has 0 spiro atoms. The van der Waals surface area contributed by atoms with Gasteiger partial charge >= 0.3 is 5.97 Å². The highest BCUT2D eigenvalue weighted by Gasteiger charge is 2.15. The van der Waals surface area contributed by atoms with Gasteiger partial charge in [-0.05, 0) is 27.6 Å². The lowest BCUT2D eigenvalue weighted by Gasteiger charge is -2.06. The van der Waals surface area contributed by atoms with Crippen molar-refractivity contribution in [3.05, 3.63) is 28.0 Å². The van der Waals surface area contributed by atoms with E-state index in [2.05, 4.69) is 20.9 Å². The monoisotopic (exact) mass is 265 g/mol. The molecule has 0 atom stereocenters. The van der Waals surface area contributed by atoms with Crippen molar-refractivity contribution in [3.63, 3.8) is 0 Å². The van der Waals surface area contributed by atoms with Gasteiger partial charge in [-0.3, -0.25) is 4.79 Å². The minimum atomic E-state index is -2.69. The summed E-state index contributed by atoms with van der Waals surface area (Å²) in [5.41, 5.74) is -0.259. The first-order valence-corrected chi connectivity index (χ1v) is 4.44. The number of carbonyl (C=O) groups is 1. The van der Waals surface area contributed by atoms with Crippen LogP contribution in [0.4, 0.5) is 8.78 Å². The minimum absolute atomic E-state index is 0.0377. The standard InChI is InChI=1S/C8H6BrF2NO2/c9-6-2-5(8(10)11)4(3-12-6)1-7(13)14/h2-3,8H,1H2,(H,13,14). The fraction of sp³-hybridized carbons (Fsp3) is 0.250. The summed E-state index contributed by atoms with van der Waals surface area (Å²) in [6.07, 6.45) is -2.00. The van der Waals surface area contributed by atoms with Crippen molar-refractivity contribution in [2.75, 3.05) is 0 Å². The van der Waals surface area contributed by atoms with Crippen molar-refractivity contribution in [3.8, 4) is 0 Å². The molecule has 0 radical (unpaired) electrons. The van der Waals surface area contributed by atoms with Gasteiger partial charge in [-0.2, -0.15) is 0 Å². The number of nitrogens with zero attached hydrogens (tertiary/aromatic N) is 1. The number of carboxylic acids is 1. The summed E-state index contributed by atoms with van der Waals surface area (Å²) < 4.78 is 25.1. The molecule has 1 N–H and O–H groups in total. The van der Waals surface area contributed by atoms with E-state index in [1.807, 2.05) is 0 Å². The van der Waals surface area contributed by atoms with Gasteiger partial charge in [0.25, 0.3) is 6.43 Å². The molecule has 0 fully saturated rings. The first-order valence-electron chi connectivity index (χ1n) is 3.65. The van der Waals surface area contributed by atoms with Crippen LogP contribution in [0.1, 0.15) is 17.6 Å². The predicted molar refractivity (Wildman–Crippen MR) is 48.2 cm³/mol. The first-order chi connectivity index (χ1) is 6.50. The smallest absolute Gasteiger partial charge is 0.307 e. The van der Waals surface area contributed by atoms with E-state index in [-0.39, 0.29) is 15.7 Å². The molecule has 0 aliphatic carbocycles. The fourth-order valence-electron chi connectivity index (χ4n) is 0.986. The highest BCUT2D eigenvalue weighted by Crippen LogP contribution is 2.25. The summed E-state index contributed by atoms with van der Waals surface area (Å²) in [5.74, 6) is -1.16. The number of pyridine rings is 1. The van der Waals surface area contributed by atoms with E-state index >= 15 is 0 Å². The van der Waals surface area contributed by atoms with E-state index in [0.29, 0.717) is 0 Å². The van der Waals surface area contributed by atoms with E-state index in [1.54, 1.807) is 0 Å². The Bertz CT molecular complexity index is 357. The van der Waals surface area contributed by atoms with Crippen molar-refractivity contribution in [2.45, 2.75) is 12.8 Å². The summed E-state index contributed by atoms with van der Waals surface area (Å²) in [6, 6.07) is 1.13. The number of hydrogen-bond acceptors (Lipinski definition) is 2. The summed E-state index contributed by atoms with van der Waals surface area (Å²) in [7, 11) is 0. The molecule has 1 aromatic heterocycles. The van der Waals surface area contributed by atoms with Crippen molar-refractivity contribution in [2.24, 2.45) is 0 Å². The van der Waals surface area contributed by atoms with Gasteiger partial charge in [0.05, 0.1) is 6.42 Å². The molecule has 0 unspecified atom stereocenters. The van der Waals surface area contributed by atoms with E-state index in [9.17, 15) is 13.6 Å². The number of alkyl halides is 2. The van der Waals surface area contributed by atoms with Crippen LogP contribution in [-0.2, 0) is 11.2 Å². The third kappa shape index (κ3) is 2.73. The zero-order chi connectivity index (χ0) is 10.7. The molecule has 1 aromatic rings. The van der Waals surface area contributed by atoms with E-state index in [0.717, 1.165) is 12.3 Å². The fourth-order valence-corrected chi connectivity index (χ4v) is 1.34. The molecule has 1 heterocycles. The molecule has 0 saturated heterocycles. The van der Waals surface area contributed by atoms with Crippen LogP contribution in [0.15, 0.2) is 16.9 Å². The van der Waals surface area contributed by atoms with Gasteiger partial charge in [-0.25, -0.2) is 13.8 Å². The molecule has 0 saturated carbocycles. The predicted octanol–water partition coefficient (Wildman–Crippen LogP) is 2.41. The number of aromatic nitrogens is 1. The lowest BCUT2D eigenvalue weighted by atomic mass is 10.1. The average molecular weight is 266 g/mol. The SMILES string of the molecule is O=C(O)Cc1cnc(Br)cc1C(F)F. The zero-order valence-corrected chi connectivity index (χ0v) is 8.46. The van der Waals surface area contributed by atoms with Gasteiger partial charge in [0.15, 0.2) is 0 Å². The van der Waals surface area contributed by atoms with Crippen molar-refractivity contribution in [1.29, 1.82) is 0 Å². The zero-order valence-electron chi connectivity index (χ0n) is 6.88. The number of aliphatic carboxylic acids is 1. The van der Waals surface area contributed by atoms with E-state index in [4.69, 9.17) is 5.11 Å². The van der Waals surface area contributed by atoms with Gasteiger partial charge in [-0.1, -0.05) is 0 Å². The lowest BCUT2D eigenvalue weighted by molar-refractivity contribution is -0.136. The Morgan fingerprint density at radius 3 is 2.79 bits per heavy atom. The number of halogens is 3. The summed E-state index contributed by atoms with van der Waals surface area (Å²) in [6.45, 7) is 0. The molecule has 0 aromatic carbocycles. The van der Waals surface area contributed by atoms with Crippen LogP contribution in [0.5, 0.6) is 0 Å². The van der Waals surface area contributed by atoms with Crippen LogP contribution < -0.4 is 0 Å². The van der Waals surface area contributed by atoms with Gasteiger partial charge in [0, 0.05) is 11.8 Å². The Morgan fingerprint density at radius 2 is 2.29 bits per heavy atom. The van der Waals surface area contributed by atoms with Crippen molar-refractivity contribution in [1.82, 2.24) is 4.98 Å². The molecule has 0 bridgehead atoms. The molecule has 0 amide bonds. The van der Waals surface area contributed by atoms with Crippen LogP contribution in [-0.4, -0.2) is 16.1 Å². The maximum atomic E-state index is 12.4. The van der Waals surface area contributed by atoms with Crippen LogP contribution in [0, 0.1) is 0 Å². The molecule has 76 valence electrons. The molecule has 14 heavy (non-hydrogen) atoms. The molecular weight excluding hydrogens is 260 g/mol. The third-order valence-electron chi connectivity index (χ3n) is 1.57. The molecular formula is C8H6BrF2NO2. The molecule has 0 aliphatic heterocycles. The molecule has 3 nitrogen and oxygen atoms in total. The number of carboxylic acid groups (broad SMARTS) is 1. The second-order valence-corrected chi connectivity index (χ2v) is 3.39. The highest BCUT2D eigenvalue weighted by atomic mass is 79.9. The quantitative estimate of drug-likeness (QED) is 0.854. The Kier molecular flexibility index (Phi) is 3.51. The Hall–Kier alpha value is -1.04. The van der Waals surface area contributed by atoms with E-state index in [1.165, 1.54) is 0 Å². The topological polar surface area (TPSA) is 50.2 Å². The Morgan fingerprint density at radius 1 is 1.64 bits per heavy atom. The van der Waals surface area contributed by atoms with Gasteiger partial charge in [0.1, 0.15) is 4.60 Å². The summed E-state index contributed by atoms with van der Waals surface area (Å²) in [4.78, 5) is 14.0. The maximum Gasteiger partial charge on any atom is 0.307 e. The van der Waals surface area contributed by atoms with Crippen LogP contribution in [0.2, 0.25) is 0 Å². The second-order valence-electron chi connectivity index (χ2n) is 2.58. The van der Waals surface area contributed by atoms with Crippen molar-refractivity contribution >= 4 is 21.9 Å². The Labute approximate surface area is 86.9 Å². The van der Waals surface area contributed by atoms with Gasteiger partial charge in [0.2, 0.25) is 0 Å². The number of rotatable bonds is 3. The third-order valence-corrected chi connectivity index (χ3v) is 2.00. The Balaban J connectivity index is 3.08. The van der Waals surface area contributed by atoms with Crippen LogP contribution in [0.25, 0.3) is 0 Å². The van der Waals surface area contributed by atoms with Crippen LogP contribution >= 0.6 is 15.9 Å². The first kappa shape index (κ1) is 11.0. The highest BCUT2D eigenvalue weighted by molar-refractivity contribution is 9.10. The van der Waals surface area contributed by atoms with Crippen LogP contribution in [0.3, 0.4) is 0 Å². The summed E-state index contributed by atoms with van der Waals surface area (Å²) >= 11 is 2.94. The number of hydrogen-bond donors (Lipinski definition) is 1. The van der Waals surface area contributed by atoms with Gasteiger partial charge in [-0.15, -0.1) is 0 Å². The van der Waals surface area contributed by atoms with Crippen molar-refractivity contribution < 1.29 is 18.7 Å². The molecule has 1 rings (SSSR count). The molecule has 6 heteroatoms. The summed E-state index contributed by atoms with van der Waals surface area (Å²) in [5, 5.41) is 8.46. The molecule has 0 aliphatic rings. The minimum Gasteiger partial charge on any atom is -0.481 e. The maximum absolute atomic E-state index is 12.4. The normalized spacial score (nSPS) is 10.6. The average Bonchev–Trinajstić information content (AvgIpc) is 2.07. The van der Waals surface area contributed by atoms with E-state index < -0.39 is 18.8 Å². The lowest BCUT2D eigenvalue weighted by Crippen LogP contribution is -2.04. The second kappa shape index (κ2) is 4.45.